The maximum Gasteiger partial charge on any atom is 0.343 e. The van der Waals surface area contributed by atoms with Crippen LogP contribution < -0.4 is 20.0 Å². The van der Waals surface area contributed by atoms with Gasteiger partial charge in [-0.15, -0.1) is 0 Å². The lowest BCUT2D eigenvalue weighted by Gasteiger charge is -2.30. The number of nitrogens with zero attached hydrogens (tertiary/aromatic N) is 6. The van der Waals surface area contributed by atoms with Crippen LogP contribution in [0.1, 0.15) is 15.9 Å². The van der Waals surface area contributed by atoms with Crippen molar-refractivity contribution < 1.29 is 19.0 Å². The quantitative estimate of drug-likeness (QED) is 0.198. The van der Waals surface area contributed by atoms with Crippen molar-refractivity contribution in [2.24, 2.45) is 5.10 Å². The average molecular weight is 568 g/mol. The Labute approximate surface area is 222 Å². The molecule has 2 aromatic carbocycles. The molecular weight excluding hydrogens is 542 g/mol. The summed E-state index contributed by atoms with van der Waals surface area (Å²) < 4.78 is 17.2. The number of morpholine rings is 2. The third-order valence-electron chi connectivity index (χ3n) is 5.73. The zero-order valence-corrected chi connectivity index (χ0v) is 21.6. The van der Waals surface area contributed by atoms with Gasteiger partial charge in [0, 0.05) is 30.7 Å². The van der Waals surface area contributed by atoms with Gasteiger partial charge in [-0.25, -0.2) is 10.2 Å². The van der Waals surface area contributed by atoms with Gasteiger partial charge in [-0.3, -0.25) is 0 Å². The molecule has 2 aliphatic heterocycles. The molecule has 0 spiro atoms. The molecule has 12 heteroatoms. The lowest BCUT2D eigenvalue weighted by molar-refractivity contribution is 0.0734. The first kappa shape index (κ1) is 25.1. The summed E-state index contributed by atoms with van der Waals surface area (Å²) in [6.07, 6.45) is 1.65. The summed E-state index contributed by atoms with van der Waals surface area (Å²) >= 11 is 3.36. The highest BCUT2D eigenvalue weighted by atomic mass is 79.9. The van der Waals surface area contributed by atoms with E-state index in [4.69, 9.17) is 14.2 Å². The first-order chi connectivity index (χ1) is 18.1. The molecule has 192 valence electrons. The van der Waals surface area contributed by atoms with Gasteiger partial charge in [-0.1, -0.05) is 22.0 Å². The molecule has 0 amide bonds. The van der Waals surface area contributed by atoms with Crippen LogP contribution in [0, 0.1) is 0 Å². The molecule has 0 unspecified atom stereocenters. The van der Waals surface area contributed by atoms with Gasteiger partial charge < -0.3 is 24.0 Å². The van der Waals surface area contributed by atoms with Gasteiger partial charge in [0.05, 0.1) is 38.2 Å². The van der Waals surface area contributed by atoms with E-state index in [1.807, 2.05) is 6.07 Å². The number of nitrogens with one attached hydrogen (secondary N) is 1. The number of halogens is 1. The number of hydrogen-bond donors (Lipinski definition) is 1. The van der Waals surface area contributed by atoms with Gasteiger partial charge in [0.2, 0.25) is 17.8 Å². The molecule has 37 heavy (non-hydrogen) atoms. The summed E-state index contributed by atoms with van der Waals surface area (Å²) in [5.41, 5.74) is 4.21. The van der Waals surface area contributed by atoms with Crippen LogP contribution in [0.15, 0.2) is 58.1 Å². The van der Waals surface area contributed by atoms with E-state index in [1.54, 1.807) is 48.7 Å². The highest BCUT2D eigenvalue weighted by molar-refractivity contribution is 9.10. The van der Waals surface area contributed by atoms with Crippen molar-refractivity contribution in [2.75, 3.05) is 67.8 Å². The fourth-order valence-corrected chi connectivity index (χ4v) is 4.18. The summed E-state index contributed by atoms with van der Waals surface area (Å²) in [4.78, 5) is 30.3. The van der Waals surface area contributed by atoms with Gasteiger partial charge in [0.15, 0.2) is 0 Å². The summed E-state index contributed by atoms with van der Waals surface area (Å²) in [5.74, 6) is 1.56. The summed E-state index contributed by atoms with van der Waals surface area (Å²) in [6, 6.07) is 14.1. The standard InChI is InChI=1S/C25H26BrN7O4/c26-20-3-1-2-19(16-20)22(34)37-21-6-4-18(5-7-21)17-27-31-23-28-24(32-8-12-35-13-9-32)30-25(29-23)33-10-14-36-15-11-33/h1-7,16-17H,8-15H2,(H,28,29,30,31)/b27-17+. The van der Waals surface area contributed by atoms with Gasteiger partial charge in [-0.05, 0) is 48.0 Å². The van der Waals surface area contributed by atoms with Crippen molar-refractivity contribution in [3.63, 3.8) is 0 Å². The lowest BCUT2D eigenvalue weighted by atomic mass is 10.2. The van der Waals surface area contributed by atoms with Crippen molar-refractivity contribution in [1.29, 1.82) is 0 Å². The number of ether oxygens (including phenoxy) is 3. The first-order valence-corrected chi connectivity index (χ1v) is 12.7. The van der Waals surface area contributed by atoms with Crippen molar-refractivity contribution in [2.45, 2.75) is 0 Å². The lowest BCUT2D eigenvalue weighted by Crippen LogP contribution is -2.40. The maximum atomic E-state index is 12.3. The molecule has 0 saturated carbocycles. The van der Waals surface area contributed by atoms with E-state index in [1.165, 1.54) is 0 Å². The van der Waals surface area contributed by atoms with Gasteiger partial charge >= 0.3 is 5.97 Å². The molecule has 1 N–H and O–H groups in total. The minimum atomic E-state index is -0.425. The fraction of sp³-hybridized carbons (Fsp3) is 0.320. The van der Waals surface area contributed by atoms with E-state index in [2.05, 4.69) is 51.2 Å². The molecule has 3 heterocycles. The van der Waals surface area contributed by atoms with E-state index in [-0.39, 0.29) is 0 Å². The molecule has 3 aromatic rings. The zero-order valence-electron chi connectivity index (χ0n) is 20.0. The molecule has 5 rings (SSSR count). The Morgan fingerprint density at radius 2 is 1.54 bits per heavy atom. The smallest absolute Gasteiger partial charge is 0.343 e. The van der Waals surface area contributed by atoms with Crippen LogP contribution in [-0.2, 0) is 9.47 Å². The van der Waals surface area contributed by atoms with Crippen molar-refractivity contribution in [3.05, 3.63) is 64.1 Å². The van der Waals surface area contributed by atoms with Crippen LogP contribution >= 0.6 is 15.9 Å². The van der Waals surface area contributed by atoms with E-state index in [0.29, 0.717) is 81.8 Å². The normalized spacial score (nSPS) is 16.1. The molecule has 1 aromatic heterocycles. The minimum Gasteiger partial charge on any atom is -0.423 e. The van der Waals surface area contributed by atoms with Crippen LogP contribution in [0.25, 0.3) is 0 Å². The predicted octanol–water partition coefficient (Wildman–Crippen LogP) is 2.97. The molecule has 2 fully saturated rings. The van der Waals surface area contributed by atoms with Crippen molar-refractivity contribution in [1.82, 2.24) is 15.0 Å². The topological polar surface area (TPSA) is 114 Å². The van der Waals surface area contributed by atoms with Crippen LogP contribution in [0.4, 0.5) is 17.8 Å². The maximum absolute atomic E-state index is 12.3. The SMILES string of the molecule is O=C(Oc1ccc(/C=N/Nc2nc(N3CCOCC3)nc(N3CCOCC3)n2)cc1)c1cccc(Br)c1. The van der Waals surface area contributed by atoms with Gasteiger partial charge in [0.25, 0.3) is 0 Å². The van der Waals surface area contributed by atoms with Crippen molar-refractivity contribution in [3.8, 4) is 5.75 Å². The Morgan fingerprint density at radius 3 is 2.14 bits per heavy atom. The molecule has 2 aliphatic rings. The third kappa shape index (κ3) is 6.79. The van der Waals surface area contributed by atoms with E-state index >= 15 is 0 Å². The minimum absolute atomic E-state index is 0.355. The van der Waals surface area contributed by atoms with Crippen LogP contribution in [0.3, 0.4) is 0 Å². The highest BCUT2D eigenvalue weighted by Crippen LogP contribution is 2.19. The third-order valence-corrected chi connectivity index (χ3v) is 6.22. The van der Waals surface area contributed by atoms with Crippen LogP contribution in [-0.4, -0.2) is 79.7 Å². The Hall–Kier alpha value is -3.61. The van der Waals surface area contributed by atoms with Gasteiger partial charge in [-0.2, -0.15) is 20.1 Å². The zero-order chi connectivity index (χ0) is 25.5. The molecule has 0 radical (unpaired) electrons. The number of anilines is 3. The summed E-state index contributed by atoms with van der Waals surface area (Å²) in [6.45, 7) is 5.39. The number of benzene rings is 2. The summed E-state index contributed by atoms with van der Waals surface area (Å²) in [5, 5.41) is 4.31. The second kappa shape index (κ2) is 12.1. The molecule has 0 atom stereocenters. The Balaban J connectivity index is 1.25. The fourth-order valence-electron chi connectivity index (χ4n) is 3.78. The molecule has 2 saturated heterocycles. The number of esters is 1. The Bertz CT molecular complexity index is 1210. The van der Waals surface area contributed by atoms with Crippen molar-refractivity contribution >= 4 is 46.0 Å². The number of hydrazone groups is 1. The Morgan fingerprint density at radius 1 is 0.919 bits per heavy atom. The molecule has 11 nitrogen and oxygen atoms in total. The average Bonchev–Trinajstić information content (AvgIpc) is 2.95. The second-order valence-corrected chi connectivity index (χ2v) is 9.21. The van der Waals surface area contributed by atoms with Crippen LogP contribution in [0.2, 0.25) is 0 Å². The second-order valence-electron chi connectivity index (χ2n) is 8.30. The Kier molecular flexibility index (Phi) is 8.18. The summed E-state index contributed by atoms with van der Waals surface area (Å²) in [7, 11) is 0. The number of carbonyl (C=O) groups excluding carboxylic acids is 1. The van der Waals surface area contributed by atoms with E-state index in [9.17, 15) is 4.79 Å². The highest BCUT2D eigenvalue weighted by Gasteiger charge is 2.20. The molecular formula is C25H26BrN7O4. The first-order valence-electron chi connectivity index (χ1n) is 11.9. The number of hydrogen-bond acceptors (Lipinski definition) is 11. The molecule has 0 bridgehead atoms. The monoisotopic (exact) mass is 567 g/mol. The van der Waals surface area contributed by atoms with E-state index < -0.39 is 5.97 Å². The van der Waals surface area contributed by atoms with Gasteiger partial charge in [0.1, 0.15) is 5.75 Å². The predicted molar refractivity (Wildman–Crippen MR) is 143 cm³/mol. The van der Waals surface area contributed by atoms with Crippen LogP contribution in [0.5, 0.6) is 5.75 Å². The number of rotatable bonds is 7. The largest absolute Gasteiger partial charge is 0.423 e. The molecule has 0 aliphatic carbocycles. The number of carbonyl (C=O) groups is 1. The number of aromatic nitrogens is 3. The van der Waals surface area contributed by atoms with E-state index in [0.717, 1.165) is 10.0 Å².